The van der Waals surface area contributed by atoms with E-state index in [2.05, 4.69) is 5.32 Å². The van der Waals surface area contributed by atoms with Crippen molar-refractivity contribution in [2.24, 2.45) is 0 Å². The van der Waals surface area contributed by atoms with Gasteiger partial charge < -0.3 is 33.2 Å². The van der Waals surface area contributed by atoms with Gasteiger partial charge in [-0.3, -0.25) is 19.2 Å². The Bertz CT molecular complexity index is 1420. The zero-order chi connectivity index (χ0) is 32.4. The molecule has 1 amide bonds. The van der Waals surface area contributed by atoms with Gasteiger partial charge in [-0.15, -0.1) is 0 Å². The van der Waals surface area contributed by atoms with Crippen LogP contribution in [0.25, 0.3) is 0 Å². The molecule has 1 aliphatic rings. The highest BCUT2D eigenvalue weighted by atomic mass is 32.3. The minimum Gasteiger partial charge on any atom is -0.463 e. The number of carbonyl (C=O) groups excluding carboxylic acids is 4. The molecule has 0 saturated carbocycles. The maximum atomic E-state index is 13.1. The smallest absolute Gasteiger partial charge is 0.449 e. The molecule has 1 unspecified atom stereocenters. The van der Waals surface area contributed by atoms with E-state index in [-0.39, 0.29) is 30.4 Å². The zero-order valence-electron chi connectivity index (χ0n) is 24.8. The minimum absolute atomic E-state index is 0.0883. The molecule has 14 nitrogen and oxygen atoms in total. The Morgan fingerprint density at radius 3 is 2.09 bits per heavy atom. The molecule has 1 N–H and O–H groups in total. The van der Waals surface area contributed by atoms with Crippen molar-refractivity contribution in [3.8, 4) is 11.5 Å². The van der Waals surface area contributed by atoms with E-state index in [0.717, 1.165) is 6.92 Å². The summed E-state index contributed by atoms with van der Waals surface area (Å²) >= 11 is 0. The first-order chi connectivity index (χ1) is 20.7. The van der Waals surface area contributed by atoms with Crippen LogP contribution in [0.4, 0.5) is 0 Å². The van der Waals surface area contributed by atoms with Crippen LogP contribution in [-0.2, 0) is 52.7 Å². The van der Waals surface area contributed by atoms with E-state index in [1.54, 1.807) is 43.3 Å². The van der Waals surface area contributed by atoms with E-state index in [4.69, 9.17) is 32.1 Å². The lowest BCUT2D eigenvalue weighted by atomic mass is 10.0. The summed E-state index contributed by atoms with van der Waals surface area (Å²) < 4.78 is 64.5. The fraction of sp³-hybridized carbons (Fsp3) is 0.448. The van der Waals surface area contributed by atoms with E-state index in [1.807, 2.05) is 0 Å². The number of benzene rings is 2. The summed E-state index contributed by atoms with van der Waals surface area (Å²) in [5.74, 6) is -2.73. The van der Waals surface area contributed by atoms with Gasteiger partial charge in [0.25, 0.3) is 0 Å². The number of nitrogens with one attached hydrogen (secondary N) is 1. The average molecular weight is 638 g/mol. The van der Waals surface area contributed by atoms with Gasteiger partial charge in [-0.25, -0.2) is 4.18 Å². The van der Waals surface area contributed by atoms with Gasteiger partial charge in [-0.05, 0) is 24.6 Å². The third kappa shape index (κ3) is 10.5. The molecule has 0 radical (unpaired) electrons. The molecule has 0 aromatic heterocycles. The van der Waals surface area contributed by atoms with Gasteiger partial charge in [0, 0.05) is 27.7 Å². The molecular formula is C29H35NO13S. The molecule has 3 rings (SSSR count). The molecule has 0 aliphatic carbocycles. The topological polar surface area (TPSA) is 179 Å². The zero-order valence-corrected chi connectivity index (χ0v) is 25.6. The summed E-state index contributed by atoms with van der Waals surface area (Å²) in [5, 5.41) is 2.62. The maximum absolute atomic E-state index is 13.1. The number of para-hydroxylation sites is 2. The summed E-state index contributed by atoms with van der Waals surface area (Å²) in [6.07, 6.45) is -5.76. The van der Waals surface area contributed by atoms with Crippen molar-refractivity contribution >= 4 is 34.2 Å². The van der Waals surface area contributed by atoms with Crippen LogP contribution < -0.4 is 14.2 Å². The molecule has 0 bridgehead atoms. The molecule has 15 heteroatoms. The Labute approximate surface area is 255 Å². The van der Waals surface area contributed by atoms with Crippen molar-refractivity contribution in [3.05, 3.63) is 60.2 Å². The van der Waals surface area contributed by atoms with Crippen LogP contribution in [0.1, 0.15) is 52.7 Å². The van der Waals surface area contributed by atoms with Gasteiger partial charge in [0.1, 0.15) is 24.9 Å². The predicted molar refractivity (Wildman–Crippen MR) is 151 cm³/mol. The number of hydrogen-bond donors (Lipinski definition) is 1. The van der Waals surface area contributed by atoms with Crippen LogP contribution >= 0.6 is 0 Å². The highest BCUT2D eigenvalue weighted by Gasteiger charge is 2.45. The second kappa shape index (κ2) is 15.5. The van der Waals surface area contributed by atoms with Gasteiger partial charge in [0.15, 0.2) is 17.6 Å². The predicted octanol–water partition coefficient (Wildman–Crippen LogP) is 2.51. The molecule has 2 aromatic rings. The molecule has 2 aromatic carbocycles. The summed E-state index contributed by atoms with van der Waals surface area (Å²) in [7, 11) is -4.76. The van der Waals surface area contributed by atoms with Gasteiger partial charge in [0.2, 0.25) is 12.2 Å². The van der Waals surface area contributed by atoms with Crippen LogP contribution in [0.5, 0.6) is 11.5 Å². The highest BCUT2D eigenvalue weighted by Crippen LogP contribution is 2.34. The molecule has 44 heavy (non-hydrogen) atoms. The van der Waals surface area contributed by atoms with Crippen molar-refractivity contribution in [1.29, 1.82) is 0 Å². The van der Waals surface area contributed by atoms with Gasteiger partial charge in [-0.2, -0.15) is 8.42 Å². The molecule has 6 atom stereocenters. The van der Waals surface area contributed by atoms with Crippen molar-refractivity contribution in [1.82, 2.24) is 5.32 Å². The van der Waals surface area contributed by atoms with Crippen LogP contribution in [0.15, 0.2) is 54.6 Å². The first-order valence-corrected chi connectivity index (χ1v) is 14.9. The normalized spacial score (nSPS) is 21.2. The number of hydrogen-bond acceptors (Lipinski definition) is 13. The average Bonchev–Trinajstić information content (AvgIpc) is 2.92. The fourth-order valence-corrected chi connectivity index (χ4v) is 5.38. The lowest BCUT2D eigenvalue weighted by Crippen LogP contribution is -2.54. The third-order valence-electron chi connectivity index (χ3n) is 6.09. The summed E-state index contributed by atoms with van der Waals surface area (Å²) in [4.78, 5) is 46.8. The minimum atomic E-state index is -4.76. The molecule has 1 heterocycles. The van der Waals surface area contributed by atoms with Gasteiger partial charge in [-0.1, -0.05) is 42.5 Å². The second-order valence-corrected chi connectivity index (χ2v) is 11.0. The Kier molecular flexibility index (Phi) is 12.1. The van der Waals surface area contributed by atoms with Crippen molar-refractivity contribution in [2.75, 3.05) is 6.61 Å². The largest absolute Gasteiger partial charge is 0.463 e. The molecule has 240 valence electrons. The number of amides is 1. The summed E-state index contributed by atoms with van der Waals surface area (Å²) in [6, 6.07) is 13.4. The molecule has 0 spiro atoms. The van der Waals surface area contributed by atoms with Crippen molar-refractivity contribution < 1.29 is 59.6 Å². The number of carbonyl (C=O) groups is 4. The van der Waals surface area contributed by atoms with E-state index < -0.39 is 65.1 Å². The highest BCUT2D eigenvalue weighted by molar-refractivity contribution is 7.82. The number of ether oxygens (including phenoxy) is 5. The van der Waals surface area contributed by atoms with Crippen LogP contribution in [0.3, 0.4) is 0 Å². The van der Waals surface area contributed by atoms with E-state index in [0.29, 0.717) is 5.56 Å². The molecular weight excluding hydrogens is 602 g/mol. The summed E-state index contributed by atoms with van der Waals surface area (Å²) in [6.45, 7) is 6.02. The standard InChI is InChI=1S/C29H35NO13S/c1-17(30-18(2)31)28(22-11-7-6-8-12-22)43-44(35,36)42-24-14-10-9-13-23(24)40-27-15-25(38-20(4)33)29(39-21(5)34)26(41-27)16-37-19(3)32/h6-14,17,25-29H,15-16H2,1-5H3,(H,30,31)/t17-,25+,26+,27?,28-,29+/m0/s1. The molecule has 1 fully saturated rings. The van der Waals surface area contributed by atoms with E-state index >= 15 is 0 Å². The van der Waals surface area contributed by atoms with Crippen LogP contribution in [0.2, 0.25) is 0 Å². The SMILES string of the molecule is CC(=O)N[C@@H](C)[C@H](OS(=O)(=O)Oc1ccccc1OC1C[C@@H](OC(C)=O)[C@@H](OC(C)=O)[C@@H](COC(C)=O)O1)c1ccccc1. The Morgan fingerprint density at radius 2 is 1.50 bits per heavy atom. The number of rotatable bonds is 13. The van der Waals surface area contributed by atoms with Gasteiger partial charge >= 0.3 is 28.3 Å². The fourth-order valence-electron chi connectivity index (χ4n) is 4.45. The lowest BCUT2D eigenvalue weighted by molar-refractivity contribution is -0.245. The van der Waals surface area contributed by atoms with Crippen molar-refractivity contribution in [2.45, 2.75) is 77.8 Å². The van der Waals surface area contributed by atoms with E-state index in [9.17, 15) is 27.6 Å². The first kappa shape index (κ1) is 34.3. The molecule has 1 aliphatic heterocycles. The monoisotopic (exact) mass is 637 g/mol. The maximum Gasteiger partial charge on any atom is 0.449 e. The Morgan fingerprint density at radius 1 is 0.886 bits per heavy atom. The van der Waals surface area contributed by atoms with Crippen molar-refractivity contribution in [3.63, 3.8) is 0 Å². The van der Waals surface area contributed by atoms with Gasteiger partial charge in [0.05, 0.1) is 12.5 Å². The quantitative estimate of drug-likeness (QED) is 0.250. The Balaban J connectivity index is 1.85. The third-order valence-corrected chi connectivity index (χ3v) is 6.92. The Hall–Kier alpha value is -4.21. The summed E-state index contributed by atoms with van der Waals surface area (Å²) in [5.41, 5.74) is 0.471. The lowest BCUT2D eigenvalue weighted by Gasteiger charge is -2.39. The second-order valence-electron chi connectivity index (χ2n) is 9.84. The van der Waals surface area contributed by atoms with E-state index in [1.165, 1.54) is 39.0 Å². The first-order valence-electron chi connectivity index (χ1n) is 13.6. The van der Waals surface area contributed by atoms with Crippen LogP contribution in [-0.4, -0.2) is 69.5 Å². The number of esters is 3. The van der Waals surface area contributed by atoms with Crippen LogP contribution in [0, 0.1) is 0 Å². The molecule has 1 saturated heterocycles.